The van der Waals surface area contributed by atoms with Crippen molar-refractivity contribution in [2.75, 3.05) is 11.1 Å². The van der Waals surface area contributed by atoms with Crippen molar-refractivity contribution in [3.8, 4) is 0 Å². The van der Waals surface area contributed by atoms with Crippen LogP contribution in [0, 0.1) is 3.57 Å². The summed E-state index contributed by atoms with van der Waals surface area (Å²) in [6, 6.07) is 8.98. The van der Waals surface area contributed by atoms with Crippen molar-refractivity contribution in [2.45, 2.75) is 0 Å². The molecule has 3 N–H and O–H groups in total. The zero-order chi connectivity index (χ0) is 13.1. The fourth-order valence-electron chi connectivity index (χ4n) is 1.38. The summed E-state index contributed by atoms with van der Waals surface area (Å²) < 4.78 is 1.84. The summed E-state index contributed by atoms with van der Waals surface area (Å²) in [5.41, 5.74) is 7.02. The van der Waals surface area contributed by atoms with E-state index in [0.29, 0.717) is 5.69 Å². The smallest absolute Gasteiger partial charge is 0.276 e. The Balaban J connectivity index is 2.27. The highest BCUT2D eigenvalue weighted by Crippen LogP contribution is 2.23. The minimum absolute atomic E-state index is 0.230. The Hall–Kier alpha value is -1.15. The number of halogens is 2. The van der Waals surface area contributed by atoms with Gasteiger partial charge in [-0.2, -0.15) is 0 Å². The summed E-state index contributed by atoms with van der Waals surface area (Å²) in [6.07, 6.45) is 1.54. The van der Waals surface area contributed by atoms with E-state index in [1.54, 1.807) is 12.1 Å². The fourth-order valence-corrected chi connectivity index (χ4v) is 2.21. The first-order valence-corrected chi connectivity index (χ1v) is 6.92. The number of aromatic nitrogens is 1. The van der Waals surface area contributed by atoms with Crippen molar-refractivity contribution in [1.82, 2.24) is 4.98 Å². The lowest BCUT2D eigenvalue weighted by atomic mass is 10.2. The molecule has 1 aromatic heterocycles. The molecule has 92 valence electrons. The van der Waals surface area contributed by atoms with Crippen LogP contribution in [0.15, 0.2) is 41.0 Å². The van der Waals surface area contributed by atoms with Crippen molar-refractivity contribution in [2.24, 2.45) is 0 Å². The third-order valence-corrected chi connectivity index (χ3v) is 3.66. The molecule has 6 heteroatoms. The Labute approximate surface area is 126 Å². The van der Waals surface area contributed by atoms with Gasteiger partial charge in [0.05, 0.1) is 11.4 Å². The molecule has 0 aliphatic heterocycles. The number of rotatable bonds is 2. The van der Waals surface area contributed by atoms with E-state index in [2.05, 4.69) is 48.8 Å². The third kappa shape index (κ3) is 2.99. The molecule has 0 saturated heterocycles. The average molecular weight is 418 g/mol. The number of nitrogens with two attached hydrogens (primary N) is 1. The number of benzene rings is 1. The maximum atomic E-state index is 12.0. The number of carbonyl (C=O) groups is 1. The topological polar surface area (TPSA) is 68.0 Å². The van der Waals surface area contributed by atoms with E-state index in [0.717, 1.165) is 13.7 Å². The Kier molecular flexibility index (Phi) is 4.18. The normalized spacial score (nSPS) is 10.1. The van der Waals surface area contributed by atoms with Crippen molar-refractivity contribution < 1.29 is 4.79 Å². The van der Waals surface area contributed by atoms with Crippen LogP contribution in [-0.2, 0) is 0 Å². The van der Waals surface area contributed by atoms with Crippen LogP contribution in [0.2, 0.25) is 0 Å². The van der Waals surface area contributed by atoms with Crippen molar-refractivity contribution in [3.63, 3.8) is 0 Å². The first-order chi connectivity index (χ1) is 8.58. The van der Waals surface area contributed by atoms with Gasteiger partial charge < -0.3 is 11.1 Å². The maximum Gasteiger partial charge on any atom is 0.276 e. The molecular weight excluding hydrogens is 409 g/mol. The first-order valence-electron chi connectivity index (χ1n) is 5.05. The summed E-state index contributed by atoms with van der Waals surface area (Å²) in [5, 5.41) is 2.79. The Morgan fingerprint density at radius 2 is 2.17 bits per heavy atom. The molecule has 18 heavy (non-hydrogen) atoms. The summed E-state index contributed by atoms with van der Waals surface area (Å²) in [6.45, 7) is 0. The number of anilines is 2. The van der Waals surface area contributed by atoms with Crippen LogP contribution >= 0.6 is 38.5 Å². The van der Waals surface area contributed by atoms with Crippen molar-refractivity contribution in [3.05, 3.63) is 50.3 Å². The second-order valence-corrected chi connectivity index (χ2v) is 5.60. The Morgan fingerprint density at radius 3 is 2.89 bits per heavy atom. The minimum Gasteiger partial charge on any atom is -0.397 e. The predicted molar refractivity (Wildman–Crippen MR) is 83.5 cm³/mol. The number of carbonyl (C=O) groups excluding carboxylic acids is 1. The molecule has 0 saturated carbocycles. The molecule has 1 amide bonds. The summed E-state index contributed by atoms with van der Waals surface area (Å²) in [7, 11) is 0. The van der Waals surface area contributed by atoms with Gasteiger partial charge in [0.1, 0.15) is 0 Å². The minimum atomic E-state index is -0.316. The zero-order valence-corrected chi connectivity index (χ0v) is 12.9. The molecule has 0 bridgehead atoms. The van der Waals surface area contributed by atoms with Gasteiger partial charge in [-0.25, -0.2) is 4.98 Å². The molecule has 0 atom stereocenters. The van der Waals surface area contributed by atoms with Gasteiger partial charge in [-0.3, -0.25) is 4.79 Å². The third-order valence-electron chi connectivity index (χ3n) is 2.23. The predicted octanol–water partition coefficient (Wildman–Crippen LogP) is 3.28. The molecule has 0 aliphatic rings. The molecular formula is C12H9BrIN3O. The Morgan fingerprint density at radius 1 is 1.39 bits per heavy atom. The van der Waals surface area contributed by atoms with E-state index in [1.165, 1.54) is 6.20 Å². The van der Waals surface area contributed by atoms with Gasteiger partial charge in [0.2, 0.25) is 0 Å². The highest BCUT2D eigenvalue weighted by atomic mass is 127. The molecule has 0 spiro atoms. The monoisotopic (exact) mass is 417 g/mol. The van der Waals surface area contributed by atoms with E-state index in [4.69, 9.17) is 5.73 Å². The summed E-state index contributed by atoms with van der Waals surface area (Å²) in [5.74, 6) is -0.316. The van der Waals surface area contributed by atoms with Gasteiger partial charge in [-0.05, 0) is 52.9 Å². The molecule has 2 aromatic rings. The maximum absolute atomic E-state index is 12.0. The lowest BCUT2D eigenvalue weighted by molar-refractivity contribution is 0.102. The van der Waals surface area contributed by atoms with E-state index in [-0.39, 0.29) is 11.6 Å². The highest BCUT2D eigenvalue weighted by molar-refractivity contribution is 14.1. The molecule has 1 aromatic carbocycles. The van der Waals surface area contributed by atoms with Crippen LogP contribution < -0.4 is 11.1 Å². The largest absolute Gasteiger partial charge is 0.397 e. The standard InChI is InChI=1S/C12H9BrIN3O/c13-7-3-4-8(14)10(6-7)17-12(18)11-9(15)2-1-5-16-11/h1-6H,15H2,(H,17,18). The number of amides is 1. The molecule has 1 heterocycles. The number of hydrogen-bond donors (Lipinski definition) is 2. The molecule has 4 nitrogen and oxygen atoms in total. The van der Waals surface area contributed by atoms with Crippen LogP contribution in [0.5, 0.6) is 0 Å². The van der Waals surface area contributed by atoms with E-state index < -0.39 is 0 Å². The first kappa shape index (κ1) is 13.3. The van der Waals surface area contributed by atoms with E-state index >= 15 is 0 Å². The number of nitrogen functional groups attached to an aromatic ring is 1. The average Bonchev–Trinajstić information content (AvgIpc) is 2.34. The van der Waals surface area contributed by atoms with Gasteiger partial charge in [0, 0.05) is 14.2 Å². The highest BCUT2D eigenvalue weighted by Gasteiger charge is 2.12. The zero-order valence-electron chi connectivity index (χ0n) is 9.15. The summed E-state index contributed by atoms with van der Waals surface area (Å²) >= 11 is 5.51. The van der Waals surface area contributed by atoms with Crippen LogP contribution in [0.1, 0.15) is 10.5 Å². The van der Waals surface area contributed by atoms with Gasteiger partial charge in [-0.1, -0.05) is 15.9 Å². The van der Waals surface area contributed by atoms with Crippen molar-refractivity contribution in [1.29, 1.82) is 0 Å². The van der Waals surface area contributed by atoms with Crippen LogP contribution in [0.4, 0.5) is 11.4 Å². The van der Waals surface area contributed by atoms with Crippen LogP contribution in [0.25, 0.3) is 0 Å². The lowest BCUT2D eigenvalue weighted by Gasteiger charge is -2.08. The van der Waals surface area contributed by atoms with Crippen molar-refractivity contribution >= 4 is 55.8 Å². The number of nitrogens with one attached hydrogen (secondary N) is 1. The number of hydrogen-bond acceptors (Lipinski definition) is 3. The molecule has 0 radical (unpaired) electrons. The SMILES string of the molecule is Nc1cccnc1C(=O)Nc1cc(Br)ccc1I. The quantitative estimate of drug-likeness (QED) is 0.736. The van der Waals surface area contributed by atoms with Gasteiger partial charge in [0.25, 0.3) is 5.91 Å². The second-order valence-electron chi connectivity index (χ2n) is 3.52. The van der Waals surface area contributed by atoms with Crippen LogP contribution in [-0.4, -0.2) is 10.9 Å². The molecule has 2 rings (SSSR count). The van der Waals surface area contributed by atoms with E-state index in [1.807, 2.05) is 18.2 Å². The second kappa shape index (κ2) is 5.66. The fraction of sp³-hybridized carbons (Fsp3) is 0. The van der Waals surface area contributed by atoms with Gasteiger partial charge in [0.15, 0.2) is 5.69 Å². The molecule has 0 aliphatic carbocycles. The van der Waals surface area contributed by atoms with Gasteiger partial charge >= 0.3 is 0 Å². The lowest BCUT2D eigenvalue weighted by Crippen LogP contribution is -2.16. The number of pyridine rings is 1. The van der Waals surface area contributed by atoms with Gasteiger partial charge in [-0.15, -0.1) is 0 Å². The number of nitrogens with zero attached hydrogens (tertiary/aromatic N) is 1. The molecule has 0 unspecified atom stereocenters. The summed E-state index contributed by atoms with van der Waals surface area (Å²) in [4.78, 5) is 16.0. The van der Waals surface area contributed by atoms with Crippen LogP contribution in [0.3, 0.4) is 0 Å². The Bertz CT molecular complexity index is 604. The molecule has 0 fully saturated rings. The van der Waals surface area contributed by atoms with E-state index in [9.17, 15) is 4.79 Å².